The smallest absolute Gasteiger partial charge is 0.316 e. The van der Waals surface area contributed by atoms with Crippen LogP contribution >= 0.6 is 0 Å². The summed E-state index contributed by atoms with van der Waals surface area (Å²) in [7, 11) is 0. The van der Waals surface area contributed by atoms with E-state index in [1.165, 1.54) is 5.56 Å². The van der Waals surface area contributed by atoms with Crippen molar-refractivity contribution in [1.29, 1.82) is 0 Å². The number of aromatic nitrogens is 3. The number of amides is 2. The topological polar surface area (TPSA) is 73.9 Å². The monoisotopic (exact) mass is 369 g/mol. The summed E-state index contributed by atoms with van der Waals surface area (Å²) in [6.45, 7) is 3.20. The van der Waals surface area contributed by atoms with Gasteiger partial charge in [-0.25, -0.2) is 4.79 Å². The number of pyridine rings is 1. The summed E-state index contributed by atoms with van der Waals surface area (Å²) in [6, 6.07) is 16.1. The summed E-state index contributed by atoms with van der Waals surface area (Å²) >= 11 is 0. The highest BCUT2D eigenvalue weighted by Gasteiger charge is 2.24. The van der Waals surface area contributed by atoms with Gasteiger partial charge in [0.25, 0.3) is 0 Å². The molecule has 0 unspecified atom stereocenters. The number of hydrogen-bond acceptors (Lipinski definition) is 3. The molecule has 0 atom stereocenters. The number of nitrogens with zero attached hydrogens (tertiary/aromatic N) is 3. The van der Waals surface area contributed by atoms with E-state index in [1.54, 1.807) is 12.4 Å². The molecule has 28 heavy (non-hydrogen) atoms. The highest BCUT2D eigenvalue weighted by atomic mass is 16.2. The molecule has 0 saturated heterocycles. The number of nitrogens with one attached hydrogen (secondary N) is 2. The molecule has 138 valence electrons. The lowest BCUT2D eigenvalue weighted by Crippen LogP contribution is -2.38. The van der Waals surface area contributed by atoms with E-state index < -0.39 is 0 Å². The van der Waals surface area contributed by atoms with Crippen LogP contribution in [0.25, 0.3) is 22.2 Å². The molecule has 0 spiro atoms. The quantitative estimate of drug-likeness (QED) is 0.559. The first-order valence-electron chi connectivity index (χ1n) is 9.20. The standard InChI is InChI=1S/C22H19N5O/c1-14-3-2-4-15(9-14)12-27-13-17-10-18-20(11-19(17)24-22(27)28)25-26-21(18)16-5-7-23-8-6-16/h2-11H,12-13H2,1H3,(H,24,28)(H,25,26). The number of benzene rings is 2. The third kappa shape index (κ3) is 2.89. The van der Waals surface area contributed by atoms with Crippen LogP contribution in [-0.2, 0) is 13.1 Å². The molecule has 0 radical (unpaired) electrons. The van der Waals surface area contributed by atoms with Crippen LogP contribution in [0.4, 0.5) is 10.5 Å². The van der Waals surface area contributed by atoms with Crippen molar-refractivity contribution in [3.63, 3.8) is 0 Å². The molecule has 2 amide bonds. The van der Waals surface area contributed by atoms with Gasteiger partial charge < -0.3 is 10.2 Å². The highest BCUT2D eigenvalue weighted by Crippen LogP contribution is 2.33. The minimum atomic E-state index is -0.0813. The minimum Gasteiger partial charge on any atom is -0.316 e. The number of H-pyrrole nitrogens is 1. The van der Waals surface area contributed by atoms with Crippen molar-refractivity contribution in [2.24, 2.45) is 0 Å². The zero-order valence-corrected chi connectivity index (χ0v) is 15.4. The average Bonchev–Trinajstić information content (AvgIpc) is 3.10. The second kappa shape index (κ2) is 6.49. The number of rotatable bonds is 3. The Morgan fingerprint density at radius 2 is 1.96 bits per heavy atom. The van der Waals surface area contributed by atoms with Crippen LogP contribution in [0.15, 0.2) is 60.9 Å². The van der Waals surface area contributed by atoms with Crippen LogP contribution in [0, 0.1) is 6.92 Å². The lowest BCUT2D eigenvalue weighted by Gasteiger charge is -2.29. The van der Waals surface area contributed by atoms with Gasteiger partial charge in [0.1, 0.15) is 5.69 Å². The van der Waals surface area contributed by atoms with Crippen molar-refractivity contribution in [2.75, 3.05) is 5.32 Å². The Morgan fingerprint density at radius 3 is 2.79 bits per heavy atom. The summed E-state index contributed by atoms with van der Waals surface area (Å²) in [5.41, 5.74) is 7.04. The van der Waals surface area contributed by atoms with Gasteiger partial charge in [0, 0.05) is 42.1 Å². The van der Waals surface area contributed by atoms with Crippen molar-refractivity contribution >= 4 is 22.6 Å². The van der Waals surface area contributed by atoms with Gasteiger partial charge in [-0.2, -0.15) is 5.10 Å². The minimum absolute atomic E-state index is 0.0813. The van der Waals surface area contributed by atoms with Gasteiger partial charge in [-0.05, 0) is 42.3 Å². The maximum Gasteiger partial charge on any atom is 0.322 e. The van der Waals surface area contributed by atoms with E-state index >= 15 is 0 Å². The van der Waals surface area contributed by atoms with Crippen molar-refractivity contribution in [3.8, 4) is 11.3 Å². The second-order valence-electron chi connectivity index (χ2n) is 7.14. The number of aromatic amines is 1. The summed E-state index contributed by atoms with van der Waals surface area (Å²) in [4.78, 5) is 18.5. The van der Waals surface area contributed by atoms with E-state index in [1.807, 2.05) is 29.2 Å². The Kier molecular flexibility index (Phi) is 3.83. The van der Waals surface area contributed by atoms with Crippen LogP contribution < -0.4 is 5.32 Å². The number of urea groups is 1. The molecule has 6 nitrogen and oxygen atoms in total. The van der Waals surface area contributed by atoms with E-state index in [9.17, 15) is 4.79 Å². The van der Waals surface area contributed by atoms with E-state index in [0.29, 0.717) is 13.1 Å². The molecule has 0 aliphatic carbocycles. The van der Waals surface area contributed by atoms with Gasteiger partial charge in [-0.3, -0.25) is 10.1 Å². The molecular weight excluding hydrogens is 350 g/mol. The molecule has 0 fully saturated rings. The number of aryl methyl sites for hydroxylation is 1. The fraction of sp³-hybridized carbons (Fsp3) is 0.136. The largest absolute Gasteiger partial charge is 0.322 e. The molecule has 0 bridgehead atoms. The molecule has 2 N–H and O–H groups in total. The number of carbonyl (C=O) groups excluding carboxylic acids is 1. The Morgan fingerprint density at radius 1 is 1.11 bits per heavy atom. The molecule has 6 heteroatoms. The van der Waals surface area contributed by atoms with Crippen molar-refractivity contribution in [2.45, 2.75) is 20.0 Å². The molecule has 2 aromatic carbocycles. The maximum atomic E-state index is 12.6. The Labute approximate surface area is 162 Å². The Balaban J connectivity index is 1.51. The predicted molar refractivity (Wildman–Crippen MR) is 109 cm³/mol. The highest BCUT2D eigenvalue weighted by molar-refractivity contribution is 6.00. The van der Waals surface area contributed by atoms with Crippen LogP contribution in [0.1, 0.15) is 16.7 Å². The summed E-state index contributed by atoms with van der Waals surface area (Å²) in [6.07, 6.45) is 3.52. The number of hydrogen-bond donors (Lipinski definition) is 2. The normalized spacial score (nSPS) is 13.5. The molecule has 3 heterocycles. The van der Waals surface area contributed by atoms with Gasteiger partial charge >= 0.3 is 6.03 Å². The third-order valence-corrected chi connectivity index (χ3v) is 5.09. The van der Waals surface area contributed by atoms with Gasteiger partial charge in [0.2, 0.25) is 0 Å². The fourth-order valence-corrected chi connectivity index (χ4v) is 3.72. The van der Waals surface area contributed by atoms with Crippen LogP contribution in [0.2, 0.25) is 0 Å². The van der Waals surface area contributed by atoms with Gasteiger partial charge in [-0.15, -0.1) is 0 Å². The maximum absolute atomic E-state index is 12.6. The Bertz CT molecular complexity index is 1180. The van der Waals surface area contributed by atoms with Crippen LogP contribution in [0.5, 0.6) is 0 Å². The van der Waals surface area contributed by atoms with Crippen LogP contribution in [-0.4, -0.2) is 26.1 Å². The molecule has 4 aromatic rings. The molecule has 5 rings (SSSR count). The molecule has 0 saturated carbocycles. The van der Waals surface area contributed by atoms with Gasteiger partial charge in [0.15, 0.2) is 0 Å². The molecule has 1 aliphatic heterocycles. The van der Waals surface area contributed by atoms with Crippen molar-refractivity contribution in [1.82, 2.24) is 20.1 Å². The summed E-state index contributed by atoms with van der Waals surface area (Å²) < 4.78 is 0. The average molecular weight is 369 g/mol. The van der Waals surface area contributed by atoms with E-state index in [0.717, 1.165) is 39.0 Å². The zero-order chi connectivity index (χ0) is 19.1. The van der Waals surface area contributed by atoms with Crippen molar-refractivity contribution in [3.05, 3.63) is 77.6 Å². The summed E-state index contributed by atoms with van der Waals surface area (Å²) in [5.74, 6) is 0. The second-order valence-corrected chi connectivity index (χ2v) is 7.14. The summed E-state index contributed by atoms with van der Waals surface area (Å²) in [5, 5.41) is 11.6. The third-order valence-electron chi connectivity index (χ3n) is 5.09. The van der Waals surface area contributed by atoms with Crippen molar-refractivity contribution < 1.29 is 4.79 Å². The number of fused-ring (bicyclic) bond motifs is 2. The fourth-order valence-electron chi connectivity index (χ4n) is 3.72. The van der Waals surface area contributed by atoms with E-state index in [-0.39, 0.29) is 6.03 Å². The van der Waals surface area contributed by atoms with Crippen LogP contribution in [0.3, 0.4) is 0 Å². The Hall–Kier alpha value is -3.67. The van der Waals surface area contributed by atoms with E-state index in [2.05, 4.69) is 51.7 Å². The number of anilines is 1. The predicted octanol–water partition coefficient (Wildman–Crippen LogP) is 4.48. The molecule has 2 aromatic heterocycles. The first-order valence-corrected chi connectivity index (χ1v) is 9.20. The molecular formula is C22H19N5O. The zero-order valence-electron chi connectivity index (χ0n) is 15.4. The lowest BCUT2D eigenvalue weighted by molar-refractivity contribution is 0.204. The first-order chi connectivity index (χ1) is 13.7. The molecule has 1 aliphatic rings. The first kappa shape index (κ1) is 16.5. The lowest BCUT2D eigenvalue weighted by atomic mass is 10.0. The number of carbonyl (C=O) groups is 1. The SMILES string of the molecule is Cc1cccc(CN2Cc3cc4c(-c5ccncc5)n[nH]c4cc3NC2=O)c1. The van der Waals surface area contributed by atoms with Gasteiger partial charge in [-0.1, -0.05) is 29.8 Å². The van der Waals surface area contributed by atoms with E-state index in [4.69, 9.17) is 0 Å². The van der Waals surface area contributed by atoms with Gasteiger partial charge in [0.05, 0.1) is 5.52 Å².